The summed E-state index contributed by atoms with van der Waals surface area (Å²) >= 11 is 0. The molecule has 1 atom stereocenters. The van der Waals surface area contributed by atoms with E-state index in [0.29, 0.717) is 25.7 Å². The molecular formula is C10H19NO3. The maximum atomic E-state index is 9.61. The average molecular weight is 201 g/mol. The van der Waals surface area contributed by atoms with Crippen molar-refractivity contribution in [2.24, 2.45) is 11.7 Å². The van der Waals surface area contributed by atoms with Crippen molar-refractivity contribution < 1.29 is 14.6 Å². The highest BCUT2D eigenvalue weighted by Gasteiger charge is 2.41. The third-order valence-corrected chi connectivity index (χ3v) is 3.39. The van der Waals surface area contributed by atoms with E-state index in [1.54, 1.807) is 0 Å². The lowest BCUT2D eigenvalue weighted by atomic mass is 9.82. The van der Waals surface area contributed by atoms with Gasteiger partial charge in [-0.3, -0.25) is 0 Å². The summed E-state index contributed by atoms with van der Waals surface area (Å²) in [6, 6.07) is 0. The van der Waals surface area contributed by atoms with Crippen LogP contribution in [0.1, 0.15) is 25.7 Å². The van der Waals surface area contributed by atoms with Gasteiger partial charge in [-0.2, -0.15) is 0 Å². The van der Waals surface area contributed by atoms with E-state index in [1.807, 2.05) is 0 Å². The molecule has 0 aromatic rings. The molecule has 1 saturated carbocycles. The lowest BCUT2D eigenvalue weighted by molar-refractivity contribution is -0.186. The Bertz CT molecular complexity index is 182. The Morgan fingerprint density at radius 3 is 2.36 bits per heavy atom. The van der Waals surface area contributed by atoms with E-state index in [4.69, 9.17) is 15.2 Å². The Kier molecular flexibility index (Phi) is 3.07. The van der Waals surface area contributed by atoms with E-state index in [1.165, 1.54) is 0 Å². The average Bonchev–Trinajstić information content (AvgIpc) is 2.67. The predicted molar refractivity (Wildman–Crippen MR) is 51.7 cm³/mol. The predicted octanol–water partition coefficient (Wildman–Crippen LogP) is 0.239. The summed E-state index contributed by atoms with van der Waals surface area (Å²) in [6.45, 7) is 1.79. The Hall–Kier alpha value is -0.160. The van der Waals surface area contributed by atoms with Crippen LogP contribution in [0.25, 0.3) is 0 Å². The van der Waals surface area contributed by atoms with Gasteiger partial charge in [0.15, 0.2) is 5.79 Å². The molecule has 2 fully saturated rings. The second-order valence-electron chi connectivity index (χ2n) is 4.25. The third-order valence-electron chi connectivity index (χ3n) is 3.39. The molecule has 0 aromatic carbocycles. The first-order valence-electron chi connectivity index (χ1n) is 5.42. The summed E-state index contributed by atoms with van der Waals surface area (Å²) in [5.74, 6) is 0.0172. The SMILES string of the molecule is NCC(O)C1CCC2(CC1)OCCO2. The van der Waals surface area contributed by atoms with Gasteiger partial charge in [-0.1, -0.05) is 0 Å². The van der Waals surface area contributed by atoms with Crippen molar-refractivity contribution in [3.8, 4) is 0 Å². The topological polar surface area (TPSA) is 64.7 Å². The van der Waals surface area contributed by atoms with Crippen LogP contribution in [0.2, 0.25) is 0 Å². The highest BCUT2D eigenvalue weighted by molar-refractivity contribution is 4.85. The fourth-order valence-electron chi connectivity index (χ4n) is 2.44. The molecule has 2 aliphatic rings. The lowest BCUT2D eigenvalue weighted by Crippen LogP contribution is -2.40. The van der Waals surface area contributed by atoms with Gasteiger partial charge < -0.3 is 20.3 Å². The van der Waals surface area contributed by atoms with Crippen molar-refractivity contribution in [1.82, 2.24) is 0 Å². The van der Waals surface area contributed by atoms with Crippen molar-refractivity contribution in [3.63, 3.8) is 0 Å². The van der Waals surface area contributed by atoms with Gasteiger partial charge in [0.05, 0.1) is 19.3 Å². The molecule has 4 heteroatoms. The number of rotatable bonds is 2. The van der Waals surface area contributed by atoms with Gasteiger partial charge in [0, 0.05) is 19.4 Å². The zero-order chi connectivity index (χ0) is 10.0. The fraction of sp³-hybridized carbons (Fsp3) is 1.00. The standard InChI is InChI=1S/C10H19NO3/c11-7-9(12)8-1-3-10(4-2-8)13-5-6-14-10/h8-9,12H,1-7,11H2. The maximum absolute atomic E-state index is 9.61. The maximum Gasteiger partial charge on any atom is 0.168 e. The van der Waals surface area contributed by atoms with E-state index in [-0.39, 0.29) is 11.9 Å². The van der Waals surface area contributed by atoms with Crippen LogP contribution < -0.4 is 5.73 Å². The molecule has 3 N–H and O–H groups in total. The van der Waals surface area contributed by atoms with E-state index in [9.17, 15) is 5.11 Å². The lowest BCUT2D eigenvalue weighted by Gasteiger charge is -2.36. The van der Waals surface area contributed by atoms with E-state index >= 15 is 0 Å². The van der Waals surface area contributed by atoms with Crippen LogP contribution in [0.3, 0.4) is 0 Å². The Morgan fingerprint density at radius 1 is 1.29 bits per heavy atom. The molecule has 1 aliphatic carbocycles. The van der Waals surface area contributed by atoms with Crippen molar-refractivity contribution in [3.05, 3.63) is 0 Å². The minimum absolute atomic E-state index is 0.315. The Morgan fingerprint density at radius 2 is 1.86 bits per heavy atom. The number of hydrogen-bond acceptors (Lipinski definition) is 4. The van der Waals surface area contributed by atoms with Crippen LogP contribution in [0.4, 0.5) is 0 Å². The summed E-state index contributed by atoms with van der Waals surface area (Å²) in [4.78, 5) is 0. The zero-order valence-corrected chi connectivity index (χ0v) is 8.45. The van der Waals surface area contributed by atoms with Crippen LogP contribution in [-0.4, -0.2) is 36.8 Å². The van der Waals surface area contributed by atoms with Gasteiger partial charge in [-0.25, -0.2) is 0 Å². The van der Waals surface area contributed by atoms with Crippen LogP contribution in [0, 0.1) is 5.92 Å². The first-order chi connectivity index (χ1) is 6.76. The van der Waals surface area contributed by atoms with Gasteiger partial charge in [0.1, 0.15) is 0 Å². The van der Waals surface area contributed by atoms with Crippen molar-refractivity contribution in [2.45, 2.75) is 37.6 Å². The van der Waals surface area contributed by atoms with Gasteiger partial charge in [-0.15, -0.1) is 0 Å². The molecule has 14 heavy (non-hydrogen) atoms. The van der Waals surface area contributed by atoms with Crippen molar-refractivity contribution in [2.75, 3.05) is 19.8 Å². The molecule has 2 rings (SSSR count). The van der Waals surface area contributed by atoms with E-state index in [2.05, 4.69) is 0 Å². The molecule has 1 aliphatic heterocycles. The van der Waals surface area contributed by atoms with Gasteiger partial charge in [-0.05, 0) is 18.8 Å². The summed E-state index contributed by atoms with van der Waals surface area (Å²) in [5, 5.41) is 9.61. The molecule has 0 bridgehead atoms. The van der Waals surface area contributed by atoms with Gasteiger partial charge in [0.25, 0.3) is 0 Å². The quantitative estimate of drug-likeness (QED) is 0.671. The zero-order valence-electron chi connectivity index (χ0n) is 8.45. The first-order valence-corrected chi connectivity index (χ1v) is 5.42. The minimum atomic E-state index is -0.353. The monoisotopic (exact) mass is 201 g/mol. The molecule has 0 amide bonds. The Labute approximate surface area is 84.4 Å². The molecule has 1 saturated heterocycles. The number of ether oxygens (including phenoxy) is 2. The molecular weight excluding hydrogens is 182 g/mol. The number of aliphatic hydroxyl groups is 1. The third kappa shape index (κ3) is 1.93. The Balaban J connectivity index is 1.85. The fourth-order valence-corrected chi connectivity index (χ4v) is 2.44. The summed E-state index contributed by atoms with van der Waals surface area (Å²) in [6.07, 6.45) is 3.36. The van der Waals surface area contributed by atoms with E-state index < -0.39 is 0 Å². The summed E-state index contributed by atoms with van der Waals surface area (Å²) in [7, 11) is 0. The summed E-state index contributed by atoms with van der Waals surface area (Å²) in [5.41, 5.74) is 5.44. The molecule has 4 nitrogen and oxygen atoms in total. The second-order valence-corrected chi connectivity index (χ2v) is 4.25. The van der Waals surface area contributed by atoms with Crippen LogP contribution in [-0.2, 0) is 9.47 Å². The molecule has 0 aromatic heterocycles. The number of hydrogen-bond donors (Lipinski definition) is 2. The van der Waals surface area contributed by atoms with Crippen molar-refractivity contribution >= 4 is 0 Å². The summed E-state index contributed by atoms with van der Waals surface area (Å²) < 4.78 is 11.2. The highest BCUT2D eigenvalue weighted by Crippen LogP contribution is 2.39. The number of nitrogens with two attached hydrogens (primary N) is 1. The van der Waals surface area contributed by atoms with Crippen LogP contribution in [0.15, 0.2) is 0 Å². The van der Waals surface area contributed by atoms with Crippen molar-refractivity contribution in [1.29, 1.82) is 0 Å². The molecule has 1 unspecified atom stereocenters. The van der Waals surface area contributed by atoms with E-state index in [0.717, 1.165) is 25.7 Å². The van der Waals surface area contributed by atoms with Gasteiger partial charge in [0.2, 0.25) is 0 Å². The largest absolute Gasteiger partial charge is 0.392 e. The van der Waals surface area contributed by atoms with Gasteiger partial charge >= 0.3 is 0 Å². The molecule has 82 valence electrons. The van der Waals surface area contributed by atoms with Crippen LogP contribution >= 0.6 is 0 Å². The smallest absolute Gasteiger partial charge is 0.168 e. The molecule has 1 heterocycles. The normalized spacial score (nSPS) is 29.6. The molecule has 0 radical (unpaired) electrons. The minimum Gasteiger partial charge on any atom is -0.392 e. The second kappa shape index (κ2) is 4.14. The first kappa shape index (κ1) is 10.4. The highest BCUT2D eigenvalue weighted by atomic mass is 16.7. The number of aliphatic hydroxyl groups excluding tert-OH is 1. The van der Waals surface area contributed by atoms with Crippen LogP contribution in [0.5, 0.6) is 0 Å². The molecule has 1 spiro atoms.